The van der Waals surface area contributed by atoms with Gasteiger partial charge in [-0.25, -0.2) is 4.98 Å². The Kier molecular flexibility index (Phi) is 6.16. The van der Waals surface area contributed by atoms with E-state index < -0.39 is 0 Å². The number of morpholine rings is 1. The fraction of sp³-hybridized carbons (Fsp3) is 0.429. The summed E-state index contributed by atoms with van der Waals surface area (Å²) >= 11 is 0. The molecule has 0 amide bonds. The van der Waals surface area contributed by atoms with Crippen LogP contribution in [0.25, 0.3) is 22.2 Å². The van der Waals surface area contributed by atoms with E-state index in [2.05, 4.69) is 39.7 Å². The number of pyridine rings is 1. The second-order valence-corrected chi connectivity index (χ2v) is 7.09. The number of nitrogens with one attached hydrogen (secondary N) is 1. The molecule has 7 nitrogen and oxygen atoms in total. The summed E-state index contributed by atoms with van der Waals surface area (Å²) in [6.07, 6.45) is 4.92. The molecule has 0 radical (unpaired) electrons. The smallest absolute Gasteiger partial charge is 0.0761 e. The highest BCUT2D eigenvalue weighted by atomic mass is 16.5. The Morgan fingerprint density at radius 3 is 2.86 bits per heavy atom. The fourth-order valence-electron chi connectivity index (χ4n) is 3.48. The van der Waals surface area contributed by atoms with Gasteiger partial charge in [0.2, 0.25) is 0 Å². The monoisotopic (exact) mass is 380 g/mol. The molecule has 3 N–H and O–H groups in total. The minimum absolute atomic E-state index is 0.679. The molecule has 0 atom stereocenters. The zero-order chi connectivity index (χ0) is 19.2. The van der Waals surface area contributed by atoms with Crippen molar-refractivity contribution in [1.82, 2.24) is 19.7 Å². The summed E-state index contributed by atoms with van der Waals surface area (Å²) in [5.41, 5.74) is 9.69. The van der Waals surface area contributed by atoms with Crippen LogP contribution in [0.15, 0.2) is 42.7 Å². The largest absolute Gasteiger partial charge is 0.384 e. The van der Waals surface area contributed by atoms with Crippen molar-refractivity contribution in [3.8, 4) is 11.3 Å². The Morgan fingerprint density at radius 2 is 2.00 bits per heavy atom. The topological polar surface area (TPSA) is 81.2 Å². The number of ether oxygens (including phenoxy) is 1. The average molecular weight is 380 g/mol. The number of nitrogens with two attached hydrogens (primary N) is 1. The van der Waals surface area contributed by atoms with Crippen LogP contribution in [-0.2, 0) is 11.3 Å². The van der Waals surface area contributed by atoms with Crippen molar-refractivity contribution >= 4 is 16.6 Å². The molecular formula is C21H28N6O. The summed E-state index contributed by atoms with van der Waals surface area (Å²) in [6, 6.07) is 10.3. The first-order valence-electron chi connectivity index (χ1n) is 10.00. The van der Waals surface area contributed by atoms with Crippen molar-refractivity contribution < 1.29 is 4.74 Å². The predicted octanol–water partition coefficient (Wildman–Crippen LogP) is 2.19. The van der Waals surface area contributed by atoms with Gasteiger partial charge >= 0.3 is 0 Å². The third-order valence-corrected chi connectivity index (χ3v) is 5.09. The molecular weight excluding hydrogens is 352 g/mol. The maximum atomic E-state index is 5.64. The minimum Gasteiger partial charge on any atom is -0.384 e. The number of nitrogens with zero attached hydrogens (tertiary/aromatic N) is 4. The van der Waals surface area contributed by atoms with E-state index in [1.54, 1.807) is 0 Å². The third kappa shape index (κ3) is 4.49. The fourth-order valence-corrected chi connectivity index (χ4v) is 3.48. The second-order valence-electron chi connectivity index (χ2n) is 7.09. The van der Waals surface area contributed by atoms with Gasteiger partial charge in [-0.05, 0) is 25.1 Å². The summed E-state index contributed by atoms with van der Waals surface area (Å²) in [4.78, 5) is 7.27. The molecule has 1 saturated heterocycles. The third-order valence-electron chi connectivity index (χ3n) is 5.09. The van der Waals surface area contributed by atoms with E-state index in [0.717, 1.165) is 80.2 Å². The van der Waals surface area contributed by atoms with Gasteiger partial charge in [-0.1, -0.05) is 18.2 Å². The minimum atomic E-state index is 0.679. The summed E-state index contributed by atoms with van der Waals surface area (Å²) in [6.45, 7) is 7.03. The van der Waals surface area contributed by atoms with Crippen molar-refractivity contribution in [3.63, 3.8) is 0 Å². The van der Waals surface area contributed by atoms with Crippen molar-refractivity contribution in [2.24, 2.45) is 5.73 Å². The number of benzene rings is 1. The van der Waals surface area contributed by atoms with Gasteiger partial charge in [0.15, 0.2) is 0 Å². The molecule has 4 rings (SSSR count). The van der Waals surface area contributed by atoms with Crippen LogP contribution in [-0.4, -0.2) is 65.6 Å². The molecule has 1 aliphatic heterocycles. The lowest BCUT2D eigenvalue weighted by molar-refractivity contribution is 0.0360. The lowest BCUT2D eigenvalue weighted by atomic mass is 10.1. The number of hydrogen-bond acceptors (Lipinski definition) is 6. The maximum absolute atomic E-state index is 5.64. The predicted molar refractivity (Wildman–Crippen MR) is 112 cm³/mol. The molecule has 1 aromatic carbocycles. The molecule has 0 bridgehead atoms. The Morgan fingerprint density at radius 1 is 1.14 bits per heavy atom. The molecule has 1 fully saturated rings. The Bertz CT molecular complexity index is 903. The molecule has 3 aromatic rings. The molecule has 1 aliphatic rings. The first-order valence-corrected chi connectivity index (χ1v) is 10.00. The standard InChI is InChI=1S/C21H28N6O/c22-6-3-7-23-21-14-20(25-19-5-2-1-4-18(19)21)17-15-24-27(16-17)9-8-26-10-12-28-13-11-26/h1-2,4-5,14-16H,3,6-13,22H2,(H,23,25). The summed E-state index contributed by atoms with van der Waals surface area (Å²) in [5.74, 6) is 0. The van der Waals surface area contributed by atoms with Gasteiger partial charge in [0.05, 0.1) is 37.2 Å². The second kappa shape index (κ2) is 9.14. The Labute approximate surface area is 165 Å². The van der Waals surface area contributed by atoms with E-state index >= 15 is 0 Å². The van der Waals surface area contributed by atoms with Crippen LogP contribution >= 0.6 is 0 Å². The van der Waals surface area contributed by atoms with Crippen LogP contribution in [0.3, 0.4) is 0 Å². The molecule has 2 aromatic heterocycles. The lowest BCUT2D eigenvalue weighted by Gasteiger charge is -2.26. The zero-order valence-electron chi connectivity index (χ0n) is 16.2. The summed E-state index contributed by atoms with van der Waals surface area (Å²) in [5, 5.41) is 9.18. The van der Waals surface area contributed by atoms with Gasteiger partial charge in [-0.2, -0.15) is 5.10 Å². The van der Waals surface area contributed by atoms with Crippen LogP contribution < -0.4 is 11.1 Å². The quantitative estimate of drug-likeness (QED) is 0.583. The van der Waals surface area contributed by atoms with Gasteiger partial charge in [0, 0.05) is 49.0 Å². The van der Waals surface area contributed by atoms with Crippen LogP contribution in [0, 0.1) is 0 Å². The highest BCUT2D eigenvalue weighted by Gasteiger charge is 2.12. The number of fused-ring (bicyclic) bond motifs is 1. The molecule has 0 saturated carbocycles. The van der Waals surface area contributed by atoms with Crippen LogP contribution in [0.2, 0.25) is 0 Å². The molecule has 148 valence electrons. The average Bonchev–Trinajstić information content (AvgIpc) is 3.22. The van der Waals surface area contributed by atoms with E-state index in [0.29, 0.717) is 6.54 Å². The number of para-hydroxylation sites is 1. The highest BCUT2D eigenvalue weighted by Crippen LogP contribution is 2.28. The molecule has 3 heterocycles. The van der Waals surface area contributed by atoms with Crippen molar-refractivity contribution in [1.29, 1.82) is 0 Å². The van der Waals surface area contributed by atoms with E-state index in [1.165, 1.54) is 0 Å². The lowest BCUT2D eigenvalue weighted by Crippen LogP contribution is -2.38. The van der Waals surface area contributed by atoms with E-state index in [4.69, 9.17) is 15.5 Å². The SMILES string of the molecule is NCCCNc1cc(-c2cnn(CCN3CCOCC3)c2)nc2ccccc12. The summed E-state index contributed by atoms with van der Waals surface area (Å²) in [7, 11) is 0. The number of rotatable bonds is 8. The van der Waals surface area contributed by atoms with Crippen LogP contribution in [0.1, 0.15) is 6.42 Å². The number of aromatic nitrogens is 3. The van der Waals surface area contributed by atoms with Crippen molar-refractivity contribution in [3.05, 3.63) is 42.7 Å². The zero-order valence-corrected chi connectivity index (χ0v) is 16.2. The molecule has 0 unspecified atom stereocenters. The normalized spacial score (nSPS) is 15.2. The van der Waals surface area contributed by atoms with Gasteiger partial charge in [0.25, 0.3) is 0 Å². The number of hydrogen-bond donors (Lipinski definition) is 2. The van der Waals surface area contributed by atoms with Gasteiger partial charge in [-0.15, -0.1) is 0 Å². The summed E-state index contributed by atoms with van der Waals surface area (Å²) < 4.78 is 7.41. The van der Waals surface area contributed by atoms with E-state index in [1.807, 2.05) is 23.0 Å². The molecule has 7 heteroatoms. The van der Waals surface area contributed by atoms with Gasteiger partial charge < -0.3 is 15.8 Å². The van der Waals surface area contributed by atoms with Gasteiger partial charge in [-0.3, -0.25) is 9.58 Å². The molecule has 28 heavy (non-hydrogen) atoms. The van der Waals surface area contributed by atoms with Crippen molar-refractivity contribution in [2.45, 2.75) is 13.0 Å². The highest BCUT2D eigenvalue weighted by molar-refractivity contribution is 5.93. The Hall–Kier alpha value is -2.48. The molecule has 0 aliphatic carbocycles. The Balaban J connectivity index is 1.52. The number of anilines is 1. The van der Waals surface area contributed by atoms with Crippen LogP contribution in [0.4, 0.5) is 5.69 Å². The van der Waals surface area contributed by atoms with Crippen molar-refractivity contribution in [2.75, 3.05) is 51.3 Å². The van der Waals surface area contributed by atoms with Crippen LogP contribution in [0.5, 0.6) is 0 Å². The maximum Gasteiger partial charge on any atom is 0.0761 e. The van der Waals surface area contributed by atoms with Gasteiger partial charge in [0.1, 0.15) is 0 Å². The van der Waals surface area contributed by atoms with E-state index in [9.17, 15) is 0 Å². The first kappa shape index (κ1) is 18.9. The first-order chi connectivity index (χ1) is 13.8. The van der Waals surface area contributed by atoms with E-state index in [-0.39, 0.29) is 0 Å². The molecule has 0 spiro atoms.